The Balaban J connectivity index is 2.28. The van der Waals surface area contributed by atoms with Crippen molar-refractivity contribution < 1.29 is 0 Å². The Morgan fingerprint density at radius 1 is 1.38 bits per heavy atom. The Hall–Kier alpha value is -0.970. The first-order valence-electron chi connectivity index (χ1n) is 4.41. The molecular formula is C8H17N5. The van der Waals surface area contributed by atoms with Gasteiger partial charge in [-0.05, 0) is 10.6 Å². The van der Waals surface area contributed by atoms with Crippen LogP contribution in [0.25, 0.3) is 0 Å². The molecule has 0 aliphatic heterocycles. The molecule has 0 aliphatic carbocycles. The molecule has 0 saturated heterocycles. The van der Waals surface area contributed by atoms with Gasteiger partial charge in [-0.25, -0.2) is 0 Å². The van der Waals surface area contributed by atoms with Crippen LogP contribution in [0.5, 0.6) is 0 Å². The second kappa shape index (κ2) is 3.83. The molecule has 0 atom stereocenters. The number of nitrogens with zero attached hydrogens (tertiary/aromatic N) is 4. The van der Waals surface area contributed by atoms with E-state index in [0.717, 1.165) is 12.4 Å². The van der Waals surface area contributed by atoms with Crippen molar-refractivity contribution >= 4 is 0 Å². The quantitative estimate of drug-likeness (QED) is 0.734. The molecule has 0 radical (unpaired) electrons. The Labute approximate surface area is 78.5 Å². The van der Waals surface area contributed by atoms with Gasteiger partial charge in [0, 0.05) is 6.54 Å². The maximum atomic E-state index is 4.06. The molecule has 5 heteroatoms. The van der Waals surface area contributed by atoms with Gasteiger partial charge in [-0.1, -0.05) is 20.8 Å². The molecule has 0 spiro atoms. The van der Waals surface area contributed by atoms with Crippen LogP contribution in [0.4, 0.5) is 0 Å². The smallest absolute Gasteiger partial charge is 0.188 e. The molecule has 1 N–H and O–H groups in total. The highest BCUT2D eigenvalue weighted by Gasteiger charge is 2.09. The van der Waals surface area contributed by atoms with Crippen LogP contribution in [-0.4, -0.2) is 26.8 Å². The molecule has 1 rings (SSSR count). The van der Waals surface area contributed by atoms with Gasteiger partial charge in [-0.2, -0.15) is 4.80 Å². The summed E-state index contributed by atoms with van der Waals surface area (Å²) < 4.78 is 0. The SMILES string of the molecule is Cn1nnc(CNCC(C)(C)C)n1. The molecular weight excluding hydrogens is 166 g/mol. The third-order valence-corrected chi connectivity index (χ3v) is 1.49. The third-order valence-electron chi connectivity index (χ3n) is 1.49. The molecule has 5 nitrogen and oxygen atoms in total. The molecule has 0 unspecified atom stereocenters. The Bertz CT molecular complexity index is 260. The number of aromatic nitrogens is 4. The van der Waals surface area contributed by atoms with Gasteiger partial charge in [-0.15, -0.1) is 10.2 Å². The van der Waals surface area contributed by atoms with Crippen LogP contribution in [0.1, 0.15) is 26.6 Å². The van der Waals surface area contributed by atoms with Crippen molar-refractivity contribution in [3.63, 3.8) is 0 Å². The monoisotopic (exact) mass is 183 g/mol. The highest BCUT2D eigenvalue weighted by Crippen LogP contribution is 2.10. The van der Waals surface area contributed by atoms with Crippen molar-refractivity contribution in [2.24, 2.45) is 12.5 Å². The predicted molar refractivity (Wildman–Crippen MR) is 50.0 cm³/mol. The van der Waals surface area contributed by atoms with Gasteiger partial charge in [0.15, 0.2) is 5.82 Å². The Morgan fingerprint density at radius 2 is 2.08 bits per heavy atom. The van der Waals surface area contributed by atoms with E-state index in [1.165, 1.54) is 4.80 Å². The fraction of sp³-hybridized carbons (Fsp3) is 0.875. The topological polar surface area (TPSA) is 55.6 Å². The van der Waals surface area contributed by atoms with Crippen molar-refractivity contribution in [3.8, 4) is 0 Å². The molecule has 1 aromatic rings. The van der Waals surface area contributed by atoms with Gasteiger partial charge < -0.3 is 5.32 Å². The minimum atomic E-state index is 0.294. The van der Waals surface area contributed by atoms with E-state index >= 15 is 0 Å². The van der Waals surface area contributed by atoms with E-state index in [0.29, 0.717) is 12.0 Å². The van der Waals surface area contributed by atoms with Crippen LogP contribution >= 0.6 is 0 Å². The molecule has 74 valence electrons. The van der Waals surface area contributed by atoms with Gasteiger partial charge in [0.05, 0.1) is 13.6 Å². The minimum absolute atomic E-state index is 0.294. The van der Waals surface area contributed by atoms with Gasteiger partial charge in [0.1, 0.15) is 0 Å². The van der Waals surface area contributed by atoms with Crippen LogP contribution in [-0.2, 0) is 13.6 Å². The lowest BCUT2D eigenvalue weighted by Gasteiger charge is -2.17. The number of nitrogens with one attached hydrogen (secondary N) is 1. The molecule has 1 aromatic heterocycles. The van der Waals surface area contributed by atoms with E-state index in [9.17, 15) is 0 Å². The second-order valence-electron chi connectivity index (χ2n) is 4.36. The van der Waals surface area contributed by atoms with E-state index in [2.05, 4.69) is 41.5 Å². The summed E-state index contributed by atoms with van der Waals surface area (Å²) in [5.41, 5.74) is 0.294. The molecule has 0 amide bonds. The summed E-state index contributed by atoms with van der Waals surface area (Å²) in [4.78, 5) is 1.47. The summed E-state index contributed by atoms with van der Waals surface area (Å²) in [7, 11) is 1.76. The summed E-state index contributed by atoms with van der Waals surface area (Å²) >= 11 is 0. The number of hydrogen-bond acceptors (Lipinski definition) is 4. The minimum Gasteiger partial charge on any atom is -0.309 e. The van der Waals surface area contributed by atoms with Gasteiger partial charge >= 0.3 is 0 Å². The largest absolute Gasteiger partial charge is 0.309 e. The van der Waals surface area contributed by atoms with Gasteiger partial charge in [-0.3, -0.25) is 0 Å². The molecule has 0 aliphatic rings. The summed E-state index contributed by atoms with van der Waals surface area (Å²) in [6.07, 6.45) is 0. The van der Waals surface area contributed by atoms with Crippen LogP contribution < -0.4 is 5.32 Å². The zero-order chi connectivity index (χ0) is 9.90. The molecule has 13 heavy (non-hydrogen) atoms. The van der Waals surface area contributed by atoms with E-state index in [-0.39, 0.29) is 0 Å². The van der Waals surface area contributed by atoms with E-state index in [1.54, 1.807) is 7.05 Å². The zero-order valence-corrected chi connectivity index (χ0v) is 8.70. The van der Waals surface area contributed by atoms with Crippen molar-refractivity contribution in [1.82, 2.24) is 25.5 Å². The van der Waals surface area contributed by atoms with Gasteiger partial charge in [0.2, 0.25) is 0 Å². The van der Waals surface area contributed by atoms with Crippen molar-refractivity contribution in [1.29, 1.82) is 0 Å². The third kappa shape index (κ3) is 3.98. The number of rotatable bonds is 3. The average Bonchev–Trinajstić information content (AvgIpc) is 2.33. The van der Waals surface area contributed by atoms with Crippen LogP contribution in [0, 0.1) is 5.41 Å². The van der Waals surface area contributed by atoms with Crippen molar-refractivity contribution in [3.05, 3.63) is 5.82 Å². The average molecular weight is 183 g/mol. The highest BCUT2D eigenvalue weighted by molar-refractivity contribution is 4.76. The first kappa shape index (κ1) is 10.1. The van der Waals surface area contributed by atoms with Crippen LogP contribution in [0.2, 0.25) is 0 Å². The number of tetrazole rings is 1. The fourth-order valence-electron chi connectivity index (χ4n) is 0.943. The first-order chi connectivity index (χ1) is 5.97. The van der Waals surface area contributed by atoms with E-state index in [4.69, 9.17) is 0 Å². The summed E-state index contributed by atoms with van der Waals surface area (Å²) in [6.45, 7) is 8.19. The number of hydrogen-bond donors (Lipinski definition) is 1. The summed E-state index contributed by atoms with van der Waals surface area (Å²) in [5.74, 6) is 0.742. The Morgan fingerprint density at radius 3 is 2.54 bits per heavy atom. The van der Waals surface area contributed by atoms with E-state index < -0.39 is 0 Å². The normalized spacial score (nSPS) is 12.0. The maximum Gasteiger partial charge on any atom is 0.188 e. The lowest BCUT2D eigenvalue weighted by Crippen LogP contribution is -2.26. The highest BCUT2D eigenvalue weighted by atomic mass is 15.6. The standard InChI is InChI=1S/C8H17N5/c1-8(2,3)6-9-5-7-10-12-13(4)11-7/h9H,5-6H2,1-4H3. The first-order valence-corrected chi connectivity index (χ1v) is 4.41. The van der Waals surface area contributed by atoms with Gasteiger partial charge in [0.25, 0.3) is 0 Å². The molecule has 0 saturated carbocycles. The lowest BCUT2D eigenvalue weighted by atomic mass is 9.97. The fourth-order valence-corrected chi connectivity index (χ4v) is 0.943. The van der Waals surface area contributed by atoms with Crippen molar-refractivity contribution in [2.45, 2.75) is 27.3 Å². The zero-order valence-electron chi connectivity index (χ0n) is 8.70. The summed E-state index contributed by atoms with van der Waals surface area (Å²) in [5, 5.41) is 15.0. The molecule has 0 fully saturated rings. The Kier molecular flexibility index (Phi) is 2.98. The number of aryl methyl sites for hydroxylation is 1. The van der Waals surface area contributed by atoms with Crippen molar-refractivity contribution in [2.75, 3.05) is 6.54 Å². The van der Waals surface area contributed by atoms with Crippen LogP contribution in [0.3, 0.4) is 0 Å². The summed E-state index contributed by atoms with van der Waals surface area (Å²) in [6, 6.07) is 0. The molecule has 0 bridgehead atoms. The lowest BCUT2D eigenvalue weighted by molar-refractivity contribution is 0.377. The maximum absolute atomic E-state index is 4.06. The van der Waals surface area contributed by atoms with E-state index in [1.807, 2.05) is 0 Å². The predicted octanol–water partition coefficient (Wildman–Crippen LogP) is 0.346. The van der Waals surface area contributed by atoms with Crippen LogP contribution in [0.15, 0.2) is 0 Å². The second-order valence-corrected chi connectivity index (χ2v) is 4.36. The molecule has 1 heterocycles. The molecule has 0 aromatic carbocycles.